The van der Waals surface area contributed by atoms with E-state index < -0.39 is 39.0 Å². The molecule has 0 heterocycles. The van der Waals surface area contributed by atoms with Gasteiger partial charge in [-0.2, -0.15) is 5.01 Å². The topological polar surface area (TPSA) is 151 Å². The quantitative estimate of drug-likeness (QED) is 0.150. The third-order valence-corrected chi connectivity index (χ3v) is 1.64. The average Bonchev–Trinajstić information content (AvgIpc) is 2.30. The van der Waals surface area contributed by atoms with Crippen molar-refractivity contribution >= 4 is 12.1 Å². The molecule has 0 fully saturated rings. The van der Waals surface area contributed by atoms with Crippen molar-refractivity contribution < 1.29 is 30.0 Å². The van der Waals surface area contributed by atoms with E-state index in [0.717, 1.165) is 0 Å². The molecule has 0 aromatic heterocycles. The molecule has 0 saturated heterocycles. The highest BCUT2D eigenvalue weighted by Crippen LogP contribution is 1.98. The lowest BCUT2D eigenvalue weighted by Gasteiger charge is -2.26. The van der Waals surface area contributed by atoms with E-state index in [1.807, 2.05) is 0 Å². The van der Waals surface area contributed by atoms with E-state index >= 15 is 0 Å². The number of hydrogen-bond donors (Lipinski definition) is 5. The second-order valence-corrected chi connectivity index (χ2v) is 2.58. The van der Waals surface area contributed by atoms with E-state index in [1.54, 1.807) is 0 Å². The third kappa shape index (κ3) is 3.29. The van der Waals surface area contributed by atoms with Gasteiger partial charge in [-0.3, -0.25) is 9.80 Å². The lowest BCUT2D eigenvalue weighted by atomic mass is 10.7. The lowest BCUT2D eigenvalue weighted by molar-refractivity contribution is 0.0258. The van der Waals surface area contributed by atoms with Crippen LogP contribution in [0.3, 0.4) is 0 Å². The number of hydrogen-bond acceptors (Lipinski definition) is 7. The van der Waals surface area contributed by atoms with Gasteiger partial charge in [0.1, 0.15) is 26.9 Å². The van der Waals surface area contributed by atoms with Gasteiger partial charge in [0.25, 0.3) is 0 Å². The Kier molecular flexibility index (Phi) is 6.29. The van der Waals surface area contributed by atoms with E-state index in [2.05, 4.69) is 0 Å². The van der Waals surface area contributed by atoms with Crippen molar-refractivity contribution in [2.24, 2.45) is 5.84 Å². The summed E-state index contributed by atoms with van der Waals surface area (Å²) in [6.45, 7) is -3.35. The minimum atomic E-state index is -1.18. The first kappa shape index (κ1) is 14.5. The molecule has 0 saturated carbocycles. The highest BCUT2D eigenvalue weighted by atomic mass is 16.3. The number of aliphatic hydroxyl groups excluding tert-OH is 4. The lowest BCUT2D eigenvalue weighted by Crippen LogP contribution is -2.55. The first-order valence-corrected chi connectivity index (χ1v) is 4.09. The van der Waals surface area contributed by atoms with Crippen LogP contribution in [-0.4, -0.2) is 74.2 Å². The van der Waals surface area contributed by atoms with Gasteiger partial charge >= 0.3 is 12.1 Å². The molecule has 10 heteroatoms. The zero-order valence-electron chi connectivity index (χ0n) is 8.35. The molecule has 16 heavy (non-hydrogen) atoms. The minimum Gasteiger partial charge on any atom is -0.376 e. The summed E-state index contributed by atoms with van der Waals surface area (Å²) in [7, 11) is 0. The van der Waals surface area contributed by atoms with Gasteiger partial charge in [-0.1, -0.05) is 0 Å². The van der Waals surface area contributed by atoms with E-state index in [1.165, 1.54) is 0 Å². The van der Waals surface area contributed by atoms with Gasteiger partial charge in [0, 0.05) is 0 Å². The summed E-state index contributed by atoms with van der Waals surface area (Å²) >= 11 is 0. The first-order chi connectivity index (χ1) is 7.53. The fourth-order valence-electron chi connectivity index (χ4n) is 0.718. The molecule has 0 bridgehead atoms. The summed E-state index contributed by atoms with van der Waals surface area (Å²) in [4.78, 5) is 23.5. The van der Waals surface area contributed by atoms with Crippen LogP contribution >= 0.6 is 0 Å². The molecule has 0 spiro atoms. The summed E-state index contributed by atoms with van der Waals surface area (Å²) in [6, 6.07) is -2.36. The second-order valence-electron chi connectivity index (χ2n) is 2.58. The molecule has 0 atom stereocenters. The van der Waals surface area contributed by atoms with Gasteiger partial charge in [-0.25, -0.2) is 15.4 Å². The summed E-state index contributed by atoms with van der Waals surface area (Å²) in [6.07, 6.45) is 0. The number of carbonyl (C=O) groups is 2. The Morgan fingerprint density at radius 1 is 0.812 bits per heavy atom. The summed E-state index contributed by atoms with van der Waals surface area (Å²) in [5.41, 5.74) is 0. The Hall–Kier alpha value is -1.46. The van der Waals surface area contributed by atoms with Gasteiger partial charge in [0.2, 0.25) is 0 Å². The molecular weight excluding hydrogens is 224 g/mol. The van der Waals surface area contributed by atoms with Crippen LogP contribution in [0.2, 0.25) is 0 Å². The normalized spacial score (nSPS) is 9.81. The van der Waals surface area contributed by atoms with Crippen LogP contribution in [-0.2, 0) is 0 Å². The van der Waals surface area contributed by atoms with Crippen LogP contribution in [0.15, 0.2) is 0 Å². The van der Waals surface area contributed by atoms with Crippen molar-refractivity contribution in [2.45, 2.75) is 0 Å². The van der Waals surface area contributed by atoms with Crippen LogP contribution in [0, 0.1) is 0 Å². The molecule has 4 amide bonds. The fourth-order valence-corrected chi connectivity index (χ4v) is 0.718. The fraction of sp³-hybridized carbons (Fsp3) is 0.667. The summed E-state index contributed by atoms with van der Waals surface area (Å²) in [5, 5.41) is 34.5. The maximum Gasteiger partial charge on any atom is 0.346 e. The van der Waals surface area contributed by atoms with Gasteiger partial charge in [-0.05, 0) is 0 Å². The highest BCUT2D eigenvalue weighted by Gasteiger charge is 2.26. The summed E-state index contributed by atoms with van der Waals surface area (Å²) < 4.78 is 0. The van der Waals surface area contributed by atoms with Crippen molar-refractivity contribution in [2.75, 3.05) is 26.9 Å². The van der Waals surface area contributed by atoms with Gasteiger partial charge in [0.05, 0.1) is 0 Å². The number of rotatable bonds is 4. The molecule has 0 aliphatic heterocycles. The maximum absolute atomic E-state index is 11.3. The smallest absolute Gasteiger partial charge is 0.346 e. The van der Waals surface area contributed by atoms with E-state index in [0.29, 0.717) is 9.80 Å². The van der Waals surface area contributed by atoms with Crippen molar-refractivity contribution in [3.8, 4) is 0 Å². The summed E-state index contributed by atoms with van der Waals surface area (Å²) in [5.74, 6) is 5.07. The SMILES string of the molecule is NN(C(=O)N(CO)CO)C(=O)N(CO)CO. The molecule has 0 aliphatic rings. The number of hydrazine groups is 1. The third-order valence-electron chi connectivity index (χ3n) is 1.64. The Morgan fingerprint density at radius 3 is 1.25 bits per heavy atom. The first-order valence-electron chi connectivity index (χ1n) is 4.09. The van der Waals surface area contributed by atoms with Crippen LogP contribution in [0.5, 0.6) is 0 Å². The standard InChI is InChI=1S/C6H14N4O6/c7-10(5(15)8(1-11)2-12)6(16)9(3-13)4-14/h11-14H,1-4,7H2. The predicted molar refractivity (Wildman–Crippen MR) is 48.8 cm³/mol. The van der Waals surface area contributed by atoms with Crippen molar-refractivity contribution in [1.29, 1.82) is 0 Å². The number of urea groups is 2. The monoisotopic (exact) mass is 238 g/mol. The number of nitrogens with two attached hydrogens (primary N) is 1. The number of carbonyl (C=O) groups excluding carboxylic acids is 2. The van der Waals surface area contributed by atoms with Crippen molar-refractivity contribution in [3.05, 3.63) is 0 Å². The number of aliphatic hydroxyl groups is 4. The molecule has 94 valence electrons. The molecule has 0 unspecified atom stereocenters. The molecule has 6 N–H and O–H groups in total. The Morgan fingerprint density at radius 2 is 1.06 bits per heavy atom. The maximum atomic E-state index is 11.3. The molecule has 0 aromatic carbocycles. The zero-order valence-corrected chi connectivity index (χ0v) is 8.35. The number of amides is 4. The Bertz CT molecular complexity index is 217. The van der Waals surface area contributed by atoms with Crippen LogP contribution in [0.1, 0.15) is 0 Å². The predicted octanol–water partition coefficient (Wildman–Crippen LogP) is -3.19. The second kappa shape index (κ2) is 6.92. The van der Waals surface area contributed by atoms with E-state index in [9.17, 15) is 9.59 Å². The van der Waals surface area contributed by atoms with Crippen molar-refractivity contribution in [3.63, 3.8) is 0 Å². The zero-order chi connectivity index (χ0) is 12.7. The van der Waals surface area contributed by atoms with Gasteiger partial charge in [0.15, 0.2) is 0 Å². The highest BCUT2D eigenvalue weighted by molar-refractivity contribution is 5.92. The van der Waals surface area contributed by atoms with Crippen LogP contribution < -0.4 is 5.84 Å². The minimum absolute atomic E-state index is 0.0406. The molecule has 0 aromatic rings. The number of imide groups is 1. The van der Waals surface area contributed by atoms with Gasteiger partial charge < -0.3 is 20.4 Å². The van der Waals surface area contributed by atoms with Crippen LogP contribution in [0.25, 0.3) is 0 Å². The molecule has 0 aliphatic carbocycles. The molecule has 0 rings (SSSR count). The van der Waals surface area contributed by atoms with E-state index in [-0.39, 0.29) is 5.01 Å². The molecule has 0 radical (unpaired) electrons. The van der Waals surface area contributed by atoms with E-state index in [4.69, 9.17) is 26.3 Å². The van der Waals surface area contributed by atoms with Gasteiger partial charge in [-0.15, -0.1) is 0 Å². The van der Waals surface area contributed by atoms with Crippen LogP contribution in [0.4, 0.5) is 9.59 Å². The van der Waals surface area contributed by atoms with Crippen molar-refractivity contribution in [1.82, 2.24) is 14.8 Å². The Labute approximate surface area is 90.7 Å². The number of nitrogens with zero attached hydrogens (tertiary/aromatic N) is 3. The average molecular weight is 238 g/mol. The molecule has 10 nitrogen and oxygen atoms in total. The molecular formula is C6H14N4O6. The largest absolute Gasteiger partial charge is 0.376 e. The Balaban J connectivity index is 4.59.